The molecule has 0 bridgehead atoms. The number of carboxylic acids is 2. The van der Waals surface area contributed by atoms with Gasteiger partial charge in [-0.2, -0.15) is 8.42 Å². The van der Waals surface area contributed by atoms with E-state index in [-0.39, 0.29) is 71.1 Å². The van der Waals surface area contributed by atoms with Crippen molar-refractivity contribution in [3.8, 4) is 0 Å². The van der Waals surface area contributed by atoms with Gasteiger partial charge in [0.15, 0.2) is 0 Å². The van der Waals surface area contributed by atoms with Gasteiger partial charge in [0.25, 0.3) is 10.1 Å². The van der Waals surface area contributed by atoms with E-state index in [0.717, 1.165) is 25.7 Å². The summed E-state index contributed by atoms with van der Waals surface area (Å²) in [5.41, 5.74) is 0.107. The van der Waals surface area contributed by atoms with Gasteiger partial charge in [0.2, 0.25) is 0 Å². The molecule has 31 heavy (non-hydrogen) atoms. The Morgan fingerprint density at radius 1 is 0.903 bits per heavy atom. The second kappa shape index (κ2) is 18.0. The molecule has 0 heterocycles. The number of hydrogen-bond donors (Lipinski definition) is 1. The van der Waals surface area contributed by atoms with Crippen LogP contribution in [0, 0.1) is 11.8 Å². The maximum absolute atomic E-state index is 11.9. The molecular weight excluding hydrogens is 442 g/mol. The van der Waals surface area contributed by atoms with Gasteiger partial charge >= 0.3 is 59.1 Å². The molecule has 170 valence electrons. The number of carbonyl (C=O) groups is 2. The van der Waals surface area contributed by atoms with Crippen LogP contribution in [0.2, 0.25) is 0 Å². The molecule has 0 aromatic rings. The molecule has 0 aromatic carbocycles. The Labute approximate surface area is 232 Å². The van der Waals surface area contributed by atoms with Crippen molar-refractivity contribution >= 4 is 22.1 Å². The molecule has 2 atom stereocenters. The molecule has 0 spiro atoms. The Kier molecular flexibility index (Phi) is 21.0. The van der Waals surface area contributed by atoms with Crippen molar-refractivity contribution in [3.05, 3.63) is 12.2 Å². The van der Waals surface area contributed by atoms with E-state index in [9.17, 15) is 32.8 Å². The number of unbranched alkanes of at least 4 members (excludes halogenated alkanes) is 7. The molecule has 0 aliphatic rings. The second-order valence-electron chi connectivity index (χ2n) is 8.46. The summed E-state index contributed by atoms with van der Waals surface area (Å²) < 4.78 is 30.3. The van der Waals surface area contributed by atoms with Crippen molar-refractivity contribution in [1.82, 2.24) is 0 Å². The maximum Gasteiger partial charge on any atom is 1.00 e. The summed E-state index contributed by atoms with van der Waals surface area (Å²) in [4.78, 5) is 23.3. The van der Waals surface area contributed by atoms with E-state index in [1.54, 1.807) is 0 Å². The van der Waals surface area contributed by atoms with Crippen molar-refractivity contribution in [1.29, 1.82) is 0 Å². The van der Waals surface area contributed by atoms with E-state index in [4.69, 9.17) is 0 Å². The molecule has 0 radical (unpaired) electrons. The van der Waals surface area contributed by atoms with Crippen LogP contribution < -0.4 is 69.3 Å². The van der Waals surface area contributed by atoms with Gasteiger partial charge in [0.05, 0.1) is 5.97 Å². The van der Waals surface area contributed by atoms with Gasteiger partial charge in [0.1, 0.15) is 4.75 Å². The molecule has 0 aliphatic carbocycles. The predicted molar refractivity (Wildman–Crippen MR) is 108 cm³/mol. The minimum atomic E-state index is -5.28. The van der Waals surface area contributed by atoms with E-state index in [2.05, 4.69) is 20.4 Å². The molecule has 7 nitrogen and oxygen atoms in total. The van der Waals surface area contributed by atoms with E-state index in [1.165, 1.54) is 26.2 Å². The van der Waals surface area contributed by atoms with Crippen molar-refractivity contribution in [3.63, 3.8) is 0 Å². The topological polar surface area (TPSA) is 135 Å². The molecule has 0 rings (SSSR count). The van der Waals surface area contributed by atoms with E-state index in [0.29, 0.717) is 18.8 Å². The molecular formula is C21H36Na2O7S. The third-order valence-corrected chi connectivity index (χ3v) is 6.76. The predicted octanol–water partition coefficient (Wildman–Crippen LogP) is -3.74. The zero-order valence-corrected chi connectivity index (χ0v) is 24.8. The molecule has 1 N–H and O–H groups in total. The van der Waals surface area contributed by atoms with Gasteiger partial charge in [-0.25, -0.2) is 0 Å². The average Bonchev–Trinajstić information content (AvgIpc) is 2.56. The van der Waals surface area contributed by atoms with Crippen molar-refractivity contribution in [2.75, 3.05) is 0 Å². The van der Waals surface area contributed by atoms with Crippen LogP contribution in [-0.2, 0) is 19.7 Å². The van der Waals surface area contributed by atoms with E-state index >= 15 is 0 Å². The van der Waals surface area contributed by atoms with Crippen LogP contribution in [0.25, 0.3) is 0 Å². The molecule has 0 saturated heterocycles. The number of allylic oxidation sites excluding steroid dienone is 1. The van der Waals surface area contributed by atoms with Crippen LogP contribution in [0.5, 0.6) is 0 Å². The first-order valence-corrected chi connectivity index (χ1v) is 11.8. The zero-order chi connectivity index (χ0) is 22.7. The molecule has 0 amide bonds. The molecule has 10 heteroatoms. The van der Waals surface area contributed by atoms with Gasteiger partial charge in [-0.3, -0.25) is 4.55 Å². The summed E-state index contributed by atoms with van der Waals surface area (Å²) >= 11 is 0. The van der Waals surface area contributed by atoms with Crippen molar-refractivity contribution < 1.29 is 91.9 Å². The fraction of sp³-hybridized carbons (Fsp3) is 0.810. The Hall–Kier alpha value is 0.590. The second-order valence-corrected chi connectivity index (χ2v) is 10.1. The van der Waals surface area contributed by atoms with Crippen molar-refractivity contribution in [2.24, 2.45) is 11.8 Å². The van der Waals surface area contributed by atoms with Crippen molar-refractivity contribution in [2.45, 2.75) is 96.1 Å². The van der Waals surface area contributed by atoms with E-state index < -0.39 is 39.1 Å². The molecule has 0 aromatic heterocycles. The summed E-state index contributed by atoms with van der Waals surface area (Å²) in [5, 5.41) is 23.3. The van der Waals surface area contributed by atoms with Gasteiger partial charge in [-0.1, -0.05) is 77.2 Å². The first-order valence-electron chi connectivity index (χ1n) is 10.4. The standard InChI is InChI=1S/C21H38O7S.2Na/c1-16(2)13-11-9-7-5-6-8-10-12-14-18(19(22)23)21(20(24)25,15-17(3)4)29(26,27)28;;/h16,18H,3,5-15H2,1-2,4H3,(H,22,23)(H,24,25)(H,26,27,28);;/q;2*+1/p-2. The average molecular weight is 479 g/mol. The normalized spacial score (nSPS) is 14.1. The van der Waals surface area contributed by atoms with Gasteiger partial charge < -0.3 is 19.8 Å². The summed E-state index contributed by atoms with van der Waals surface area (Å²) in [7, 11) is -5.28. The van der Waals surface area contributed by atoms with Crippen LogP contribution in [-0.4, -0.2) is 29.7 Å². The first-order chi connectivity index (χ1) is 13.4. The molecule has 0 fully saturated rings. The molecule has 0 saturated carbocycles. The summed E-state index contributed by atoms with van der Waals surface area (Å²) in [6.07, 6.45) is 7.63. The summed E-state index contributed by atoms with van der Waals surface area (Å²) in [5.74, 6) is -5.19. The summed E-state index contributed by atoms with van der Waals surface area (Å²) in [6, 6.07) is 0. The van der Waals surface area contributed by atoms with Crippen LogP contribution in [0.1, 0.15) is 91.4 Å². The molecule has 0 aliphatic heterocycles. The largest absolute Gasteiger partial charge is 1.00 e. The van der Waals surface area contributed by atoms with Crippen LogP contribution in [0.3, 0.4) is 0 Å². The van der Waals surface area contributed by atoms with Crippen LogP contribution >= 0.6 is 0 Å². The van der Waals surface area contributed by atoms with Crippen LogP contribution in [0.15, 0.2) is 12.2 Å². The quantitative estimate of drug-likeness (QED) is 0.0983. The van der Waals surface area contributed by atoms with Gasteiger partial charge in [-0.05, 0) is 25.7 Å². The number of rotatable bonds is 17. The minimum absolute atomic E-state index is 0. The number of carbonyl (C=O) groups excluding carboxylic acids is 2. The molecule has 2 unspecified atom stereocenters. The van der Waals surface area contributed by atoms with Gasteiger partial charge in [-0.15, -0.1) is 6.58 Å². The third kappa shape index (κ3) is 13.2. The Morgan fingerprint density at radius 2 is 1.29 bits per heavy atom. The Bertz CT molecular complexity index is 650. The van der Waals surface area contributed by atoms with Gasteiger partial charge in [0, 0.05) is 11.9 Å². The summed E-state index contributed by atoms with van der Waals surface area (Å²) in [6.45, 7) is 9.22. The Morgan fingerprint density at radius 3 is 1.58 bits per heavy atom. The fourth-order valence-electron chi connectivity index (χ4n) is 3.67. The number of aliphatic carboxylic acids is 2. The minimum Gasteiger partial charge on any atom is -0.550 e. The monoisotopic (exact) mass is 478 g/mol. The van der Waals surface area contributed by atoms with Crippen LogP contribution in [0.4, 0.5) is 0 Å². The zero-order valence-electron chi connectivity index (χ0n) is 19.9. The number of carboxylic acid groups (broad SMARTS) is 2. The first kappa shape index (κ1) is 36.2. The fourth-order valence-corrected chi connectivity index (χ4v) is 4.88. The maximum atomic E-state index is 11.9. The van der Waals surface area contributed by atoms with E-state index in [1.807, 2.05) is 0 Å². The smallest absolute Gasteiger partial charge is 0.550 e. The Balaban J connectivity index is -0.00000392. The SMILES string of the molecule is C=C(C)CC(C(=O)[O-])(C(CCCCCCCCCCC(C)C)C(=O)[O-])S(=O)(=O)O.[Na+].[Na+]. The number of hydrogen-bond acceptors (Lipinski definition) is 6. The third-order valence-electron chi connectivity index (χ3n) is 5.24.